The van der Waals surface area contributed by atoms with Crippen LogP contribution in [0.3, 0.4) is 0 Å². The van der Waals surface area contributed by atoms with Crippen LogP contribution in [0.1, 0.15) is 13.2 Å². The Morgan fingerprint density at radius 1 is 1.46 bits per heavy atom. The number of hydrogen-bond donors (Lipinski definition) is 5. The smallest absolute Gasteiger partial charge is 0.362 e. The Bertz CT molecular complexity index is 1050. The molecule has 2 aromatic heterocycles. The van der Waals surface area contributed by atoms with Gasteiger partial charge in [0.1, 0.15) is 24.8 Å². The van der Waals surface area contributed by atoms with E-state index in [1.54, 1.807) is 4.72 Å². The highest BCUT2D eigenvalue weighted by Crippen LogP contribution is 2.33. The first-order chi connectivity index (χ1) is 13.1. The second-order valence-electron chi connectivity index (χ2n) is 5.82. The number of fused-ring (bicyclic) bond motifs is 1. The number of carbonyl (C=O) groups is 1. The number of aliphatic hydroxyl groups excluding tert-OH is 2. The Labute approximate surface area is 158 Å². The molecule has 14 nitrogen and oxygen atoms in total. The van der Waals surface area contributed by atoms with E-state index in [0.29, 0.717) is 0 Å². The van der Waals surface area contributed by atoms with Gasteiger partial charge in [-0.05, 0) is 6.92 Å². The van der Waals surface area contributed by atoms with E-state index in [2.05, 4.69) is 19.1 Å². The van der Waals surface area contributed by atoms with Gasteiger partial charge in [0, 0.05) is 0 Å². The fourth-order valence-corrected chi connectivity index (χ4v) is 3.07. The largest absolute Gasteiger partial charge is 0.506 e. The average molecular weight is 415 g/mol. The van der Waals surface area contributed by atoms with Crippen molar-refractivity contribution in [1.82, 2.24) is 24.2 Å². The lowest BCUT2D eigenvalue weighted by atomic mass is 10.2. The summed E-state index contributed by atoms with van der Waals surface area (Å²) < 4.78 is 36.3. The van der Waals surface area contributed by atoms with Gasteiger partial charge in [-0.2, -0.15) is 8.42 Å². The van der Waals surface area contributed by atoms with Crippen LogP contribution in [0.2, 0.25) is 0 Å². The molecule has 3 heterocycles. The van der Waals surface area contributed by atoms with Gasteiger partial charge < -0.3 is 26.4 Å². The number of nitrogen functional groups attached to an aromatic ring is 1. The molecule has 3 rings (SSSR count). The molecule has 15 heteroatoms. The molecule has 0 saturated heterocycles. The molecule has 0 bridgehead atoms. The van der Waals surface area contributed by atoms with E-state index in [4.69, 9.17) is 16.2 Å². The van der Waals surface area contributed by atoms with E-state index in [-0.39, 0.29) is 22.7 Å². The number of aromatic nitrogens is 4. The minimum Gasteiger partial charge on any atom is -0.506 e. The first kappa shape index (κ1) is 19.7. The predicted octanol–water partition coefficient (Wildman–Crippen LogP) is -2.21. The Morgan fingerprint density at radius 2 is 2.18 bits per heavy atom. The number of aliphatic hydroxyl groups is 2. The maximum absolute atomic E-state index is 11.7. The molecule has 0 aliphatic carbocycles. The van der Waals surface area contributed by atoms with Crippen LogP contribution in [-0.4, -0.2) is 62.8 Å². The normalized spacial score (nSPS) is 21.0. The van der Waals surface area contributed by atoms with Gasteiger partial charge in [-0.1, -0.05) is 0 Å². The number of ether oxygens (including phenoxy) is 1. The van der Waals surface area contributed by atoms with Crippen LogP contribution in [0.5, 0.6) is 0 Å². The molecule has 3 atom stereocenters. The van der Waals surface area contributed by atoms with Crippen LogP contribution in [-0.2, 0) is 24.0 Å². The van der Waals surface area contributed by atoms with Crippen LogP contribution < -0.4 is 16.2 Å². The van der Waals surface area contributed by atoms with E-state index < -0.39 is 47.0 Å². The third-order valence-corrected chi connectivity index (χ3v) is 4.62. The first-order valence-electron chi connectivity index (χ1n) is 7.77. The summed E-state index contributed by atoms with van der Waals surface area (Å²) in [5.74, 6) is -1.89. The third-order valence-electron chi connectivity index (χ3n) is 3.74. The number of carbonyl (C=O) groups excluding carboxylic acids is 1. The van der Waals surface area contributed by atoms with E-state index in [0.717, 1.165) is 0 Å². The Balaban J connectivity index is 1.74. The highest BCUT2D eigenvalue weighted by molar-refractivity contribution is 7.85. The van der Waals surface area contributed by atoms with E-state index in [1.807, 2.05) is 0 Å². The summed E-state index contributed by atoms with van der Waals surface area (Å²) in [6.45, 7) is 0.497. The summed E-state index contributed by atoms with van der Waals surface area (Å²) in [6.07, 6.45) is -0.324. The Hall–Kier alpha value is -3.01. The number of nitrogens with one attached hydrogen (secondary N) is 1. The molecular formula is C13H17N7O7S. The fourth-order valence-electron chi connectivity index (χ4n) is 2.32. The van der Waals surface area contributed by atoms with Gasteiger partial charge >= 0.3 is 10.3 Å². The average Bonchev–Trinajstić information content (AvgIpc) is 3.16. The number of amides is 1. The van der Waals surface area contributed by atoms with Gasteiger partial charge in [0.2, 0.25) is 6.23 Å². The number of hydrogen-bond acceptors (Lipinski definition) is 12. The molecule has 7 N–H and O–H groups in total. The molecule has 0 aromatic carbocycles. The molecule has 0 radical (unpaired) electrons. The number of nitrogens with zero attached hydrogens (tertiary/aromatic N) is 4. The van der Waals surface area contributed by atoms with Crippen molar-refractivity contribution in [2.24, 2.45) is 5.73 Å². The molecule has 1 aliphatic rings. The minimum atomic E-state index is -4.51. The first-order valence-corrected chi connectivity index (χ1v) is 9.18. The van der Waals surface area contributed by atoms with Crippen molar-refractivity contribution in [3.8, 4) is 0 Å². The van der Waals surface area contributed by atoms with E-state index >= 15 is 0 Å². The van der Waals surface area contributed by atoms with E-state index in [9.17, 15) is 23.4 Å². The lowest BCUT2D eigenvalue weighted by Crippen LogP contribution is -2.42. The van der Waals surface area contributed by atoms with Crippen molar-refractivity contribution in [3.63, 3.8) is 0 Å². The Morgan fingerprint density at radius 3 is 2.86 bits per heavy atom. The maximum Gasteiger partial charge on any atom is 0.362 e. The van der Waals surface area contributed by atoms with Crippen LogP contribution in [0.25, 0.3) is 11.2 Å². The van der Waals surface area contributed by atoms with Gasteiger partial charge in [-0.25, -0.2) is 23.9 Å². The monoisotopic (exact) mass is 415 g/mol. The van der Waals surface area contributed by atoms with Crippen LogP contribution in [0.15, 0.2) is 24.2 Å². The van der Waals surface area contributed by atoms with Crippen molar-refractivity contribution in [2.75, 3.05) is 12.3 Å². The number of rotatable bonds is 6. The molecule has 152 valence electrons. The zero-order valence-electron chi connectivity index (χ0n) is 14.4. The van der Waals surface area contributed by atoms with Crippen LogP contribution in [0, 0.1) is 0 Å². The second-order valence-corrected chi connectivity index (χ2v) is 7.16. The van der Waals surface area contributed by atoms with Gasteiger partial charge in [-0.3, -0.25) is 9.36 Å². The molecule has 0 spiro atoms. The summed E-state index contributed by atoms with van der Waals surface area (Å²) >= 11 is 0. The summed E-state index contributed by atoms with van der Waals surface area (Å²) in [4.78, 5) is 23.2. The maximum atomic E-state index is 11.7. The van der Waals surface area contributed by atoms with Crippen molar-refractivity contribution >= 4 is 33.2 Å². The van der Waals surface area contributed by atoms with Gasteiger partial charge in [0.15, 0.2) is 29.1 Å². The van der Waals surface area contributed by atoms with Crippen LogP contribution >= 0.6 is 0 Å². The molecular weight excluding hydrogens is 398 g/mol. The van der Waals surface area contributed by atoms with Crippen molar-refractivity contribution in [2.45, 2.75) is 25.3 Å². The summed E-state index contributed by atoms with van der Waals surface area (Å²) in [5, 5.41) is 20.3. The highest BCUT2D eigenvalue weighted by atomic mass is 32.2. The van der Waals surface area contributed by atoms with Crippen molar-refractivity contribution in [3.05, 3.63) is 24.2 Å². The molecule has 1 aliphatic heterocycles. The molecule has 1 amide bonds. The fraction of sp³-hybridized carbons (Fsp3) is 0.385. The summed E-state index contributed by atoms with van der Waals surface area (Å²) in [5.41, 5.74) is 11.4. The second kappa shape index (κ2) is 7.19. The summed E-state index contributed by atoms with van der Waals surface area (Å²) in [7, 11) is -4.51. The van der Waals surface area contributed by atoms with Crippen molar-refractivity contribution in [1.29, 1.82) is 0 Å². The lowest BCUT2D eigenvalue weighted by Gasteiger charge is -2.17. The third kappa shape index (κ3) is 3.68. The van der Waals surface area contributed by atoms with Crippen molar-refractivity contribution < 1.29 is 32.3 Å². The number of anilines is 1. The zero-order chi connectivity index (χ0) is 20.6. The number of imidazole rings is 1. The Kier molecular flexibility index (Phi) is 5.07. The predicted molar refractivity (Wildman–Crippen MR) is 92.2 cm³/mol. The standard InChI is InChI=1S/C13H17N7O7S/c1-5(14)12(23)19-28(24,25)26-2-6-8(21)9(22)13(27-6)20-4-18-7-10(15)16-3-17-11(7)20/h3-5,9,13,21-22H,2,14H2,1H3,(H,19,23)(H2,15,16,17)/t5-,9+,13+/m0/s1. The molecule has 0 unspecified atom stereocenters. The minimum absolute atomic E-state index is 0.105. The van der Waals surface area contributed by atoms with E-state index in [1.165, 1.54) is 24.1 Å². The highest BCUT2D eigenvalue weighted by Gasteiger charge is 2.38. The number of nitrogens with two attached hydrogens (primary N) is 2. The zero-order valence-corrected chi connectivity index (χ0v) is 15.2. The topological polar surface area (TPSA) is 218 Å². The molecule has 28 heavy (non-hydrogen) atoms. The van der Waals surface area contributed by atoms with Gasteiger partial charge in [0.05, 0.1) is 6.04 Å². The molecule has 0 saturated carbocycles. The van der Waals surface area contributed by atoms with Gasteiger partial charge in [-0.15, -0.1) is 0 Å². The molecule has 0 fully saturated rings. The SMILES string of the molecule is C[C@H](N)C(=O)NS(=O)(=O)OCC1=C(O)[C@@H](O)[C@H](n2cnc3c(N)ncnc32)O1. The quantitative estimate of drug-likeness (QED) is 0.339. The summed E-state index contributed by atoms with van der Waals surface area (Å²) in [6, 6.07) is -1.08. The van der Waals surface area contributed by atoms with Crippen LogP contribution in [0.4, 0.5) is 5.82 Å². The molecule has 2 aromatic rings. The van der Waals surface area contributed by atoms with Gasteiger partial charge in [0.25, 0.3) is 5.91 Å². The lowest BCUT2D eigenvalue weighted by molar-refractivity contribution is -0.120.